The number of nitriles is 2. The summed E-state index contributed by atoms with van der Waals surface area (Å²) in [5, 5.41) is 19.8. The fourth-order valence-electron chi connectivity index (χ4n) is 6.71. The summed E-state index contributed by atoms with van der Waals surface area (Å²) in [7, 11) is 0. The first-order valence-corrected chi connectivity index (χ1v) is 19.4. The Balaban J connectivity index is 0.000000221. The Kier molecular flexibility index (Phi) is 14.5. The second kappa shape index (κ2) is 19.7. The van der Waals surface area contributed by atoms with E-state index in [0.717, 1.165) is 5.56 Å². The van der Waals surface area contributed by atoms with Gasteiger partial charge in [-0.25, -0.2) is 0 Å². The molecule has 0 spiro atoms. The summed E-state index contributed by atoms with van der Waals surface area (Å²) in [6.45, 7) is 12.0. The monoisotopic (exact) mass is 794 g/mol. The van der Waals surface area contributed by atoms with Crippen LogP contribution < -0.4 is 9.47 Å². The number of carbonyl (C=O) groups is 2. The maximum absolute atomic E-state index is 13.0. The Hall–Kier alpha value is -6.35. The number of hydrogen-bond donors (Lipinski definition) is 0. The van der Waals surface area contributed by atoms with Crippen LogP contribution in [0.15, 0.2) is 145 Å². The molecule has 0 N–H and O–H groups in total. The summed E-state index contributed by atoms with van der Waals surface area (Å²) >= 11 is 5.96. The largest absolute Gasteiger partial charge is 0.457 e. The van der Waals surface area contributed by atoms with Gasteiger partial charge in [0.05, 0.1) is 11.8 Å². The Bertz CT molecular complexity index is 2270. The van der Waals surface area contributed by atoms with Crippen molar-refractivity contribution in [3.8, 4) is 35.1 Å². The van der Waals surface area contributed by atoms with Crippen LogP contribution in [0.2, 0.25) is 5.02 Å². The lowest BCUT2D eigenvalue weighted by Gasteiger charge is -2.22. The third-order valence-corrected chi connectivity index (χ3v) is 10.1. The van der Waals surface area contributed by atoms with Crippen LogP contribution in [0.1, 0.15) is 76.4 Å². The van der Waals surface area contributed by atoms with E-state index in [4.69, 9.17) is 30.5 Å². The number of nitrogens with zero attached hydrogens (tertiary/aromatic N) is 2. The Labute approximate surface area is 346 Å². The van der Waals surface area contributed by atoms with Gasteiger partial charge in [0, 0.05) is 16.1 Å². The number of ether oxygens (including phenoxy) is 4. The van der Waals surface area contributed by atoms with Crippen LogP contribution in [0.25, 0.3) is 0 Å². The van der Waals surface area contributed by atoms with Gasteiger partial charge in [-0.15, -0.1) is 0 Å². The predicted molar refractivity (Wildman–Crippen MR) is 224 cm³/mol. The lowest BCUT2D eigenvalue weighted by molar-refractivity contribution is -0.150. The van der Waals surface area contributed by atoms with E-state index in [-0.39, 0.29) is 29.1 Å². The molecular formula is C49H47ClN2O6. The fraction of sp³-hybridized carbons (Fsp3) is 0.265. The number of halogens is 1. The topological polar surface area (TPSA) is 119 Å². The second-order valence-electron chi connectivity index (χ2n) is 15.2. The quantitative estimate of drug-likeness (QED) is 0.0853. The van der Waals surface area contributed by atoms with Crippen molar-refractivity contribution in [3.63, 3.8) is 0 Å². The molecule has 0 aliphatic heterocycles. The highest BCUT2D eigenvalue weighted by Gasteiger charge is 2.61. The van der Waals surface area contributed by atoms with Crippen molar-refractivity contribution in [3.05, 3.63) is 167 Å². The Morgan fingerprint density at radius 1 is 0.655 bits per heavy atom. The van der Waals surface area contributed by atoms with E-state index in [2.05, 4.69) is 32.1 Å². The summed E-state index contributed by atoms with van der Waals surface area (Å²) in [6, 6.07) is 44.1. The molecule has 3 unspecified atom stereocenters. The molecule has 0 radical (unpaired) electrons. The number of carbonyl (C=O) groups excluding carboxylic acids is 2. The van der Waals surface area contributed by atoms with E-state index < -0.39 is 24.1 Å². The van der Waals surface area contributed by atoms with Crippen LogP contribution in [0.4, 0.5) is 0 Å². The zero-order valence-corrected chi connectivity index (χ0v) is 34.2. The first-order chi connectivity index (χ1) is 27.8. The van der Waals surface area contributed by atoms with Gasteiger partial charge in [0.25, 0.3) is 0 Å². The van der Waals surface area contributed by atoms with Crippen LogP contribution >= 0.6 is 11.6 Å². The van der Waals surface area contributed by atoms with Gasteiger partial charge >= 0.3 is 11.9 Å². The average Bonchev–Trinajstić information content (AvgIpc) is 3.75. The molecule has 1 aliphatic rings. The van der Waals surface area contributed by atoms with Gasteiger partial charge in [-0.05, 0) is 97.3 Å². The van der Waals surface area contributed by atoms with Crippen molar-refractivity contribution in [2.75, 3.05) is 0 Å². The van der Waals surface area contributed by atoms with E-state index in [1.54, 1.807) is 54.6 Å². The van der Waals surface area contributed by atoms with E-state index in [9.17, 15) is 20.1 Å². The molecule has 1 aliphatic carbocycles. The number of esters is 2. The summed E-state index contributed by atoms with van der Waals surface area (Å²) in [4.78, 5) is 25.6. The lowest BCUT2D eigenvalue weighted by atomic mass is 9.88. The molecule has 0 saturated heterocycles. The molecule has 6 rings (SSSR count). The van der Waals surface area contributed by atoms with Crippen molar-refractivity contribution in [2.45, 2.75) is 59.7 Å². The maximum atomic E-state index is 13.0. The summed E-state index contributed by atoms with van der Waals surface area (Å²) < 4.78 is 22.8. The van der Waals surface area contributed by atoms with Crippen molar-refractivity contribution < 1.29 is 28.5 Å². The van der Waals surface area contributed by atoms with Crippen LogP contribution in [0.5, 0.6) is 23.0 Å². The molecule has 0 aromatic heterocycles. The standard InChI is InChI=1S/C25H22ClNO3.C24H25NO3/c1-17(2)24(18-11-13-20(26)14-12-18)25(28)30-23(16-27)19-7-6-10-22(15-19)29-21-8-4-3-5-9-21;1-16(2)13-20-22(24(20,3)4)23(26)28-21(15-25)17-9-8-12-19(14-17)27-18-10-6-5-7-11-18/h3-15,17,23-24H,1-2H3;5-14,20-22H,1-4H3/t23-,24+;/m1./s1. The molecule has 1 saturated carbocycles. The number of rotatable bonds is 13. The highest BCUT2D eigenvalue weighted by atomic mass is 35.5. The first-order valence-electron chi connectivity index (χ1n) is 19.1. The molecule has 8 nitrogen and oxygen atoms in total. The lowest BCUT2D eigenvalue weighted by Crippen LogP contribution is -2.22. The Morgan fingerprint density at radius 2 is 1.12 bits per heavy atom. The van der Waals surface area contributed by atoms with Gasteiger partial charge in [0.15, 0.2) is 0 Å². The normalized spacial score (nSPS) is 16.4. The van der Waals surface area contributed by atoms with Gasteiger partial charge in [0.1, 0.15) is 35.1 Å². The Morgan fingerprint density at radius 3 is 1.57 bits per heavy atom. The summed E-state index contributed by atoms with van der Waals surface area (Å²) in [5.41, 5.74) is 2.99. The number of hydrogen-bond acceptors (Lipinski definition) is 8. The minimum Gasteiger partial charge on any atom is -0.457 e. The number of benzene rings is 5. The van der Waals surface area contributed by atoms with Crippen molar-refractivity contribution in [2.24, 2.45) is 23.2 Å². The molecule has 9 heteroatoms. The van der Waals surface area contributed by atoms with Crippen LogP contribution in [-0.2, 0) is 19.1 Å². The van der Waals surface area contributed by atoms with E-state index in [0.29, 0.717) is 39.1 Å². The minimum atomic E-state index is -1.04. The molecule has 5 aromatic carbocycles. The van der Waals surface area contributed by atoms with Crippen molar-refractivity contribution >= 4 is 23.5 Å². The van der Waals surface area contributed by atoms with E-state index >= 15 is 0 Å². The molecule has 0 bridgehead atoms. The first kappa shape index (κ1) is 42.8. The van der Waals surface area contributed by atoms with E-state index in [1.165, 1.54) is 5.57 Å². The van der Waals surface area contributed by atoms with Crippen molar-refractivity contribution in [1.29, 1.82) is 10.5 Å². The van der Waals surface area contributed by atoms with Crippen LogP contribution in [0.3, 0.4) is 0 Å². The number of para-hydroxylation sites is 2. The van der Waals surface area contributed by atoms with Gasteiger partial charge in [-0.2, -0.15) is 10.5 Å². The molecule has 296 valence electrons. The maximum Gasteiger partial charge on any atom is 0.315 e. The smallest absolute Gasteiger partial charge is 0.315 e. The molecular weight excluding hydrogens is 748 g/mol. The van der Waals surface area contributed by atoms with Gasteiger partial charge in [-0.1, -0.05) is 124 Å². The molecule has 1 fully saturated rings. The van der Waals surface area contributed by atoms with E-state index in [1.807, 2.05) is 107 Å². The molecule has 5 aromatic rings. The molecule has 0 heterocycles. The van der Waals surface area contributed by atoms with Crippen molar-refractivity contribution in [1.82, 2.24) is 0 Å². The van der Waals surface area contributed by atoms with Crippen LogP contribution in [0, 0.1) is 45.8 Å². The van der Waals surface area contributed by atoms with Crippen LogP contribution in [-0.4, -0.2) is 11.9 Å². The second-order valence-corrected chi connectivity index (χ2v) is 15.6. The third-order valence-electron chi connectivity index (χ3n) is 9.81. The zero-order chi connectivity index (χ0) is 41.8. The highest BCUT2D eigenvalue weighted by Crippen LogP contribution is 2.60. The van der Waals surface area contributed by atoms with Gasteiger partial charge in [-0.3, -0.25) is 9.59 Å². The average molecular weight is 795 g/mol. The van der Waals surface area contributed by atoms with Gasteiger partial charge < -0.3 is 18.9 Å². The molecule has 0 amide bonds. The molecule has 58 heavy (non-hydrogen) atoms. The number of allylic oxidation sites excluding steroid dienone is 2. The minimum absolute atomic E-state index is 0.00855. The fourth-order valence-corrected chi connectivity index (χ4v) is 6.84. The summed E-state index contributed by atoms with van der Waals surface area (Å²) in [5.74, 6) is 1.19. The molecule has 5 atom stereocenters. The summed E-state index contributed by atoms with van der Waals surface area (Å²) in [6.07, 6.45) is 0.114. The highest BCUT2D eigenvalue weighted by molar-refractivity contribution is 6.30. The predicted octanol–water partition coefficient (Wildman–Crippen LogP) is 12.5. The third kappa shape index (κ3) is 11.4. The zero-order valence-electron chi connectivity index (χ0n) is 33.5. The van der Waals surface area contributed by atoms with Gasteiger partial charge in [0.2, 0.25) is 12.2 Å². The SMILES string of the molecule is CC(C)=CC1C(C(=O)OC(C#N)c2cccc(Oc3ccccc3)c2)C1(C)C.CC(C)[C@H](C(=O)O[C@H](C#N)c1cccc(Oc2ccccc2)c1)c1ccc(Cl)cc1.